The van der Waals surface area contributed by atoms with Gasteiger partial charge in [-0.05, 0) is 44.9 Å². The molecule has 50 heavy (non-hydrogen) atoms. The summed E-state index contributed by atoms with van der Waals surface area (Å²) in [5, 5.41) is 0. The number of likely N-dealkylation sites (N-methyl/N-ethyl adjacent to an activating group) is 1. The Hall–Kier alpha value is -1.51. The van der Waals surface area contributed by atoms with Crippen LogP contribution in [0.3, 0.4) is 0 Å². The topological polar surface area (TPSA) is 111 Å². The number of carbonyl (C=O) groups excluding carboxylic acids is 2. The summed E-state index contributed by atoms with van der Waals surface area (Å²) >= 11 is 0. The Morgan fingerprint density at radius 1 is 0.620 bits per heavy atom. The molecule has 0 aliphatic heterocycles. The molecule has 0 aromatic carbocycles. The summed E-state index contributed by atoms with van der Waals surface area (Å²) < 4.78 is 33.4. The number of nitrogens with zero attached hydrogens (tertiary/aromatic N) is 1. The number of rotatable bonds is 36. The number of phosphoric acid groups is 1. The highest BCUT2D eigenvalue weighted by Gasteiger charge is 2.21. The molecule has 294 valence electrons. The molecule has 2 unspecified atom stereocenters. The zero-order valence-corrected chi connectivity index (χ0v) is 33.7. The van der Waals surface area contributed by atoms with Crippen LogP contribution in [0.15, 0.2) is 24.3 Å². The second-order valence-electron chi connectivity index (χ2n) is 14.7. The molecule has 0 aromatic rings. The van der Waals surface area contributed by atoms with Crippen LogP contribution in [-0.2, 0) is 32.7 Å². The van der Waals surface area contributed by atoms with E-state index in [1.54, 1.807) is 0 Å². The van der Waals surface area contributed by atoms with Crippen LogP contribution in [0, 0.1) is 0 Å². The van der Waals surface area contributed by atoms with E-state index >= 15 is 0 Å². The van der Waals surface area contributed by atoms with Crippen molar-refractivity contribution in [2.24, 2.45) is 0 Å². The van der Waals surface area contributed by atoms with E-state index in [-0.39, 0.29) is 26.1 Å². The molecule has 0 saturated carbocycles. The van der Waals surface area contributed by atoms with Crippen LogP contribution in [0.4, 0.5) is 0 Å². The van der Waals surface area contributed by atoms with Crippen LogP contribution < -0.4 is 4.89 Å². The van der Waals surface area contributed by atoms with E-state index in [2.05, 4.69) is 31.2 Å². The third kappa shape index (κ3) is 36.3. The molecule has 0 aliphatic rings. The average molecular weight is 730 g/mol. The van der Waals surface area contributed by atoms with Crippen LogP contribution in [0.25, 0.3) is 0 Å². The lowest BCUT2D eigenvalue weighted by Crippen LogP contribution is -2.37. The number of unbranched alkanes of at least 4 members (excludes halogenated alkanes) is 18. The van der Waals surface area contributed by atoms with Gasteiger partial charge in [-0.2, -0.15) is 0 Å². The summed E-state index contributed by atoms with van der Waals surface area (Å²) in [5.41, 5.74) is 0. The predicted octanol–water partition coefficient (Wildman–Crippen LogP) is 10.2. The minimum absolute atomic E-state index is 0.0306. The quantitative estimate of drug-likeness (QED) is 0.0206. The first kappa shape index (κ1) is 48.5. The first-order valence-electron chi connectivity index (χ1n) is 20.0. The highest BCUT2D eigenvalue weighted by Crippen LogP contribution is 2.38. The molecule has 9 nitrogen and oxygen atoms in total. The molecule has 0 spiro atoms. The minimum Gasteiger partial charge on any atom is -0.756 e. The van der Waals surface area contributed by atoms with Crippen molar-refractivity contribution in [2.75, 3.05) is 47.5 Å². The smallest absolute Gasteiger partial charge is 0.306 e. The zero-order valence-electron chi connectivity index (χ0n) is 32.8. The van der Waals surface area contributed by atoms with Gasteiger partial charge in [-0.25, -0.2) is 0 Å². The molecule has 0 N–H and O–H groups in total. The summed E-state index contributed by atoms with van der Waals surface area (Å²) in [5.74, 6) is -0.863. The van der Waals surface area contributed by atoms with Gasteiger partial charge in [0.1, 0.15) is 19.8 Å². The van der Waals surface area contributed by atoms with Gasteiger partial charge in [0.15, 0.2) is 6.10 Å². The molecular weight excluding hydrogens is 653 g/mol. The molecule has 0 fully saturated rings. The summed E-state index contributed by atoms with van der Waals surface area (Å²) in [6.45, 7) is 4.02. The van der Waals surface area contributed by atoms with Gasteiger partial charge in [-0.3, -0.25) is 14.2 Å². The van der Waals surface area contributed by atoms with Crippen molar-refractivity contribution in [2.45, 2.75) is 174 Å². The monoisotopic (exact) mass is 730 g/mol. The Kier molecular flexibility index (Phi) is 32.3. The van der Waals surface area contributed by atoms with E-state index in [9.17, 15) is 19.0 Å². The Bertz CT molecular complexity index is 918. The van der Waals surface area contributed by atoms with Crippen molar-refractivity contribution in [3.05, 3.63) is 24.3 Å². The van der Waals surface area contributed by atoms with Gasteiger partial charge in [-0.1, -0.05) is 134 Å². The molecular formula is C40H76NO8P. The molecule has 0 radical (unpaired) electrons. The number of quaternary nitrogens is 1. The highest BCUT2D eigenvalue weighted by atomic mass is 31.2. The number of esters is 2. The number of carbonyl (C=O) groups is 2. The lowest BCUT2D eigenvalue weighted by Gasteiger charge is -2.28. The molecule has 10 heteroatoms. The molecule has 0 rings (SSSR count). The van der Waals surface area contributed by atoms with Crippen molar-refractivity contribution < 1.29 is 42.1 Å². The third-order valence-corrected chi connectivity index (χ3v) is 9.44. The first-order chi connectivity index (χ1) is 24.0. The third-order valence-electron chi connectivity index (χ3n) is 8.47. The van der Waals surface area contributed by atoms with Crippen molar-refractivity contribution in [1.82, 2.24) is 0 Å². The normalized spacial score (nSPS) is 14.0. The van der Waals surface area contributed by atoms with Gasteiger partial charge in [0.2, 0.25) is 0 Å². The van der Waals surface area contributed by atoms with E-state index in [0.29, 0.717) is 23.9 Å². The van der Waals surface area contributed by atoms with Gasteiger partial charge < -0.3 is 27.9 Å². The van der Waals surface area contributed by atoms with Crippen LogP contribution in [0.5, 0.6) is 0 Å². The van der Waals surface area contributed by atoms with E-state index in [1.165, 1.54) is 89.9 Å². The predicted molar refractivity (Wildman–Crippen MR) is 204 cm³/mol. The number of allylic oxidation sites excluding steroid dienone is 4. The Balaban J connectivity index is 4.04. The molecule has 0 heterocycles. The van der Waals surface area contributed by atoms with Crippen molar-refractivity contribution in [3.63, 3.8) is 0 Å². The largest absolute Gasteiger partial charge is 0.756 e. The standard InChI is InChI=1S/C40H76NO8P/c1-6-8-10-11-12-13-14-15-16-17-18-19-20-21-22-23-24-25-26-27-28-29-31-33-40(43)49-38(36-46-39(42)32-30-9-7-2)37-48-50(44,45)47-35-34-41(3,4)5/h14-15,17-18,38H,6-13,16,19-37H2,1-5H3/b15-14-,18-17-. The fraction of sp³-hybridized carbons (Fsp3) is 0.850. The summed E-state index contributed by atoms with van der Waals surface area (Å²) in [6, 6.07) is 0. The number of hydrogen-bond acceptors (Lipinski definition) is 8. The fourth-order valence-electron chi connectivity index (χ4n) is 5.27. The lowest BCUT2D eigenvalue weighted by atomic mass is 10.0. The molecule has 2 atom stereocenters. The van der Waals surface area contributed by atoms with Crippen LogP contribution in [-0.4, -0.2) is 70.0 Å². The van der Waals surface area contributed by atoms with Gasteiger partial charge in [0.25, 0.3) is 7.82 Å². The molecule has 0 aromatic heterocycles. The Morgan fingerprint density at radius 3 is 1.62 bits per heavy atom. The van der Waals surface area contributed by atoms with Crippen LogP contribution in [0.1, 0.15) is 168 Å². The average Bonchev–Trinajstić information content (AvgIpc) is 3.05. The summed E-state index contributed by atoms with van der Waals surface area (Å²) in [6.07, 6.45) is 34.4. The second kappa shape index (κ2) is 33.3. The maximum Gasteiger partial charge on any atom is 0.306 e. The summed E-state index contributed by atoms with van der Waals surface area (Å²) in [7, 11) is 1.16. The van der Waals surface area contributed by atoms with Gasteiger partial charge in [-0.15, -0.1) is 0 Å². The maximum atomic E-state index is 12.5. The van der Waals surface area contributed by atoms with Crippen LogP contribution in [0.2, 0.25) is 0 Å². The first-order valence-corrected chi connectivity index (χ1v) is 21.5. The van der Waals surface area contributed by atoms with Gasteiger partial charge >= 0.3 is 11.9 Å². The lowest BCUT2D eigenvalue weighted by molar-refractivity contribution is -0.870. The van der Waals surface area contributed by atoms with Crippen molar-refractivity contribution in [1.29, 1.82) is 0 Å². The number of phosphoric ester groups is 1. The van der Waals surface area contributed by atoms with E-state index in [0.717, 1.165) is 38.5 Å². The van der Waals surface area contributed by atoms with Crippen molar-refractivity contribution >= 4 is 19.8 Å². The number of ether oxygens (including phenoxy) is 2. The van der Waals surface area contributed by atoms with Gasteiger partial charge in [0.05, 0.1) is 27.7 Å². The Morgan fingerprint density at radius 2 is 1.08 bits per heavy atom. The molecule has 0 saturated heterocycles. The van der Waals surface area contributed by atoms with E-state index in [1.807, 2.05) is 28.1 Å². The van der Waals surface area contributed by atoms with Gasteiger partial charge in [0, 0.05) is 12.8 Å². The molecule has 0 bridgehead atoms. The fourth-order valence-corrected chi connectivity index (χ4v) is 6.00. The maximum absolute atomic E-state index is 12.5. The van der Waals surface area contributed by atoms with E-state index in [4.69, 9.17) is 18.5 Å². The van der Waals surface area contributed by atoms with Crippen molar-refractivity contribution in [3.8, 4) is 0 Å². The Labute approximate surface area is 307 Å². The molecule has 0 amide bonds. The van der Waals surface area contributed by atoms with Crippen LogP contribution >= 0.6 is 7.82 Å². The summed E-state index contributed by atoms with van der Waals surface area (Å²) in [4.78, 5) is 36.8. The molecule has 0 aliphatic carbocycles. The zero-order chi connectivity index (χ0) is 37.2. The minimum atomic E-state index is -4.60. The second-order valence-corrected chi connectivity index (χ2v) is 16.1. The SMILES string of the molecule is CCCCCCC/C=C\C/C=C\CCCCCCCCCCCCCC(=O)OC(COC(=O)CCCCC)COP(=O)([O-])OCC[N+](C)(C)C. The highest BCUT2D eigenvalue weighted by molar-refractivity contribution is 7.45. The van der Waals surface area contributed by atoms with E-state index < -0.39 is 32.5 Å². The number of hydrogen-bond donors (Lipinski definition) is 0.